The highest BCUT2D eigenvalue weighted by atomic mass is 16.4. The van der Waals surface area contributed by atoms with Gasteiger partial charge in [0.1, 0.15) is 0 Å². The first kappa shape index (κ1) is 18.0. The SMILES string of the molecule is O=C(O)CCC(=O)NCCCC1CCCCCCCCC1. The number of rotatable bonds is 7. The number of carbonyl (C=O) groups excluding carboxylic acids is 1. The Kier molecular flexibility index (Phi) is 9.92. The number of amides is 1. The van der Waals surface area contributed by atoms with Crippen molar-refractivity contribution >= 4 is 11.9 Å². The molecule has 122 valence electrons. The van der Waals surface area contributed by atoms with E-state index in [0.29, 0.717) is 6.54 Å². The van der Waals surface area contributed by atoms with Crippen LogP contribution in [0, 0.1) is 5.92 Å². The number of carbonyl (C=O) groups is 2. The normalized spacial score (nSPS) is 18.1. The molecule has 0 spiro atoms. The molecule has 4 heteroatoms. The fraction of sp³-hybridized carbons (Fsp3) is 0.882. The van der Waals surface area contributed by atoms with Gasteiger partial charge < -0.3 is 10.4 Å². The first-order valence-corrected chi connectivity index (χ1v) is 8.67. The quantitative estimate of drug-likeness (QED) is 0.701. The Bertz CT molecular complexity index is 294. The summed E-state index contributed by atoms with van der Waals surface area (Å²) in [6.07, 6.45) is 14.6. The maximum atomic E-state index is 11.4. The van der Waals surface area contributed by atoms with Gasteiger partial charge in [-0.15, -0.1) is 0 Å². The Hall–Kier alpha value is -1.06. The molecule has 0 heterocycles. The molecule has 0 radical (unpaired) electrons. The van der Waals surface area contributed by atoms with Crippen LogP contribution in [0.5, 0.6) is 0 Å². The Morgan fingerprint density at radius 2 is 1.48 bits per heavy atom. The standard InChI is InChI=1S/C17H31NO3/c19-16(12-13-17(20)21)18-14-8-11-15-9-6-4-2-1-3-5-7-10-15/h15H,1-14H2,(H,18,19)(H,20,21). The van der Waals surface area contributed by atoms with Crippen molar-refractivity contribution < 1.29 is 14.7 Å². The van der Waals surface area contributed by atoms with Crippen LogP contribution in [0.3, 0.4) is 0 Å². The zero-order valence-corrected chi connectivity index (χ0v) is 13.2. The van der Waals surface area contributed by atoms with Crippen LogP contribution in [-0.4, -0.2) is 23.5 Å². The van der Waals surface area contributed by atoms with Gasteiger partial charge in [-0.25, -0.2) is 0 Å². The van der Waals surface area contributed by atoms with Gasteiger partial charge in [-0.2, -0.15) is 0 Å². The zero-order chi connectivity index (χ0) is 15.3. The van der Waals surface area contributed by atoms with Gasteiger partial charge in [-0.1, -0.05) is 57.8 Å². The van der Waals surface area contributed by atoms with E-state index in [0.717, 1.165) is 12.3 Å². The molecule has 4 nitrogen and oxygen atoms in total. The second-order valence-electron chi connectivity index (χ2n) is 6.30. The molecule has 0 atom stereocenters. The summed E-state index contributed by atoms with van der Waals surface area (Å²) < 4.78 is 0. The average Bonchev–Trinajstić information content (AvgIpc) is 2.47. The van der Waals surface area contributed by atoms with E-state index in [4.69, 9.17) is 5.11 Å². The van der Waals surface area contributed by atoms with E-state index in [1.54, 1.807) is 0 Å². The van der Waals surface area contributed by atoms with Crippen LogP contribution in [0.25, 0.3) is 0 Å². The molecule has 0 aliphatic heterocycles. The second-order valence-corrected chi connectivity index (χ2v) is 6.30. The summed E-state index contributed by atoms with van der Waals surface area (Å²) in [5.74, 6) is -0.228. The van der Waals surface area contributed by atoms with Gasteiger partial charge in [-0.3, -0.25) is 9.59 Å². The van der Waals surface area contributed by atoms with Crippen LogP contribution in [0.4, 0.5) is 0 Å². The fourth-order valence-electron chi connectivity index (χ4n) is 3.11. The molecule has 0 unspecified atom stereocenters. The molecule has 1 fully saturated rings. The lowest BCUT2D eigenvalue weighted by atomic mass is 9.89. The van der Waals surface area contributed by atoms with Gasteiger partial charge >= 0.3 is 5.97 Å². The molecule has 1 saturated carbocycles. The van der Waals surface area contributed by atoms with Gasteiger partial charge in [-0.05, 0) is 18.8 Å². The van der Waals surface area contributed by atoms with Crippen molar-refractivity contribution in [3.63, 3.8) is 0 Å². The first-order chi connectivity index (χ1) is 10.2. The van der Waals surface area contributed by atoms with Crippen LogP contribution in [0.15, 0.2) is 0 Å². The molecule has 1 aliphatic carbocycles. The van der Waals surface area contributed by atoms with E-state index in [1.807, 2.05) is 0 Å². The van der Waals surface area contributed by atoms with Gasteiger partial charge in [0.25, 0.3) is 0 Å². The molecule has 0 aromatic rings. The van der Waals surface area contributed by atoms with Crippen molar-refractivity contribution in [1.82, 2.24) is 5.32 Å². The second kappa shape index (κ2) is 11.6. The Morgan fingerprint density at radius 1 is 0.905 bits per heavy atom. The van der Waals surface area contributed by atoms with Crippen LogP contribution < -0.4 is 5.32 Å². The first-order valence-electron chi connectivity index (χ1n) is 8.67. The summed E-state index contributed by atoms with van der Waals surface area (Å²) in [6, 6.07) is 0. The highest BCUT2D eigenvalue weighted by molar-refractivity contribution is 5.80. The van der Waals surface area contributed by atoms with E-state index >= 15 is 0 Å². The highest BCUT2D eigenvalue weighted by Crippen LogP contribution is 2.24. The number of carboxylic acids is 1. The highest BCUT2D eigenvalue weighted by Gasteiger charge is 2.10. The smallest absolute Gasteiger partial charge is 0.303 e. The average molecular weight is 297 g/mol. The van der Waals surface area contributed by atoms with Crippen LogP contribution >= 0.6 is 0 Å². The largest absolute Gasteiger partial charge is 0.481 e. The third kappa shape index (κ3) is 10.3. The summed E-state index contributed by atoms with van der Waals surface area (Å²) in [6.45, 7) is 0.689. The summed E-state index contributed by atoms with van der Waals surface area (Å²) >= 11 is 0. The van der Waals surface area contributed by atoms with Gasteiger partial charge in [0.15, 0.2) is 0 Å². The Balaban J connectivity index is 2.08. The molecular formula is C17H31NO3. The Morgan fingerprint density at radius 3 is 2.05 bits per heavy atom. The van der Waals surface area contributed by atoms with Crippen molar-refractivity contribution in [2.75, 3.05) is 6.54 Å². The van der Waals surface area contributed by atoms with E-state index in [2.05, 4.69) is 5.32 Å². The van der Waals surface area contributed by atoms with Crippen molar-refractivity contribution in [2.24, 2.45) is 5.92 Å². The number of aliphatic carboxylic acids is 1. The fourth-order valence-corrected chi connectivity index (χ4v) is 3.11. The van der Waals surface area contributed by atoms with Gasteiger partial charge in [0, 0.05) is 13.0 Å². The minimum atomic E-state index is -0.911. The predicted octanol–water partition coefficient (Wildman–Crippen LogP) is 3.89. The molecule has 1 rings (SSSR count). The molecule has 0 bridgehead atoms. The maximum Gasteiger partial charge on any atom is 0.303 e. The lowest BCUT2D eigenvalue weighted by Crippen LogP contribution is -2.25. The number of carboxylic acid groups (broad SMARTS) is 1. The number of hydrogen-bond acceptors (Lipinski definition) is 2. The van der Waals surface area contributed by atoms with Crippen molar-refractivity contribution in [3.05, 3.63) is 0 Å². The minimum absolute atomic E-state index is 0.0749. The minimum Gasteiger partial charge on any atom is -0.481 e. The zero-order valence-electron chi connectivity index (χ0n) is 13.2. The van der Waals surface area contributed by atoms with Gasteiger partial charge in [0.05, 0.1) is 6.42 Å². The molecule has 2 N–H and O–H groups in total. The molecule has 0 aromatic heterocycles. The van der Waals surface area contributed by atoms with Crippen molar-refractivity contribution in [2.45, 2.75) is 83.5 Å². The van der Waals surface area contributed by atoms with Crippen LogP contribution in [0.1, 0.15) is 83.5 Å². The van der Waals surface area contributed by atoms with E-state index in [9.17, 15) is 9.59 Å². The summed E-state index contributed by atoms with van der Waals surface area (Å²) in [5, 5.41) is 11.3. The van der Waals surface area contributed by atoms with E-state index in [1.165, 1.54) is 64.2 Å². The number of hydrogen-bond donors (Lipinski definition) is 2. The van der Waals surface area contributed by atoms with Gasteiger partial charge in [0.2, 0.25) is 5.91 Å². The molecular weight excluding hydrogens is 266 g/mol. The van der Waals surface area contributed by atoms with E-state index in [-0.39, 0.29) is 18.7 Å². The maximum absolute atomic E-state index is 11.4. The lowest BCUT2D eigenvalue weighted by Gasteiger charge is -2.18. The van der Waals surface area contributed by atoms with Crippen molar-refractivity contribution in [3.8, 4) is 0 Å². The summed E-state index contributed by atoms with van der Waals surface area (Å²) in [7, 11) is 0. The molecule has 0 saturated heterocycles. The third-order valence-electron chi connectivity index (χ3n) is 4.40. The molecule has 0 aromatic carbocycles. The van der Waals surface area contributed by atoms with Crippen LogP contribution in [-0.2, 0) is 9.59 Å². The molecule has 1 amide bonds. The van der Waals surface area contributed by atoms with Crippen molar-refractivity contribution in [1.29, 1.82) is 0 Å². The monoisotopic (exact) mass is 297 g/mol. The number of nitrogens with one attached hydrogen (secondary N) is 1. The Labute approximate surface area is 128 Å². The summed E-state index contributed by atoms with van der Waals surface area (Å²) in [5.41, 5.74) is 0. The van der Waals surface area contributed by atoms with E-state index < -0.39 is 5.97 Å². The summed E-state index contributed by atoms with van der Waals surface area (Å²) in [4.78, 5) is 21.8. The lowest BCUT2D eigenvalue weighted by molar-refractivity contribution is -0.138. The molecule has 1 aliphatic rings. The predicted molar refractivity (Wildman–Crippen MR) is 84.2 cm³/mol. The molecule has 21 heavy (non-hydrogen) atoms. The van der Waals surface area contributed by atoms with Crippen LogP contribution in [0.2, 0.25) is 0 Å². The topological polar surface area (TPSA) is 66.4 Å². The third-order valence-corrected chi connectivity index (χ3v) is 4.40.